The van der Waals surface area contributed by atoms with Crippen molar-refractivity contribution < 1.29 is 29.2 Å². The zero-order valence-electron chi connectivity index (χ0n) is 15.4. The summed E-state index contributed by atoms with van der Waals surface area (Å²) in [6.45, 7) is -0.279. The van der Waals surface area contributed by atoms with Crippen molar-refractivity contribution in [1.29, 1.82) is 0 Å². The van der Waals surface area contributed by atoms with Crippen molar-refractivity contribution in [3.63, 3.8) is 0 Å². The minimum absolute atomic E-state index is 0.155. The fraction of sp³-hybridized carbons (Fsp3) is 0.389. The molecule has 11 heteroatoms. The first kappa shape index (κ1) is 19.5. The van der Waals surface area contributed by atoms with Gasteiger partial charge in [0.15, 0.2) is 23.2 Å². The lowest BCUT2D eigenvalue weighted by Gasteiger charge is -2.16. The Balaban J connectivity index is 1.58. The first-order chi connectivity index (χ1) is 14.0. The monoisotopic (exact) mass is 405 g/mol. The van der Waals surface area contributed by atoms with E-state index in [9.17, 15) is 19.7 Å². The molecule has 4 N–H and O–H groups in total. The molecule has 0 aliphatic carbocycles. The number of ether oxygens (including phenoxy) is 2. The van der Waals surface area contributed by atoms with E-state index in [1.165, 1.54) is 30.4 Å². The van der Waals surface area contributed by atoms with E-state index in [1.807, 2.05) is 0 Å². The lowest BCUT2D eigenvalue weighted by Crippen LogP contribution is -2.33. The predicted molar refractivity (Wildman–Crippen MR) is 98.6 cm³/mol. The van der Waals surface area contributed by atoms with Crippen molar-refractivity contribution in [3.8, 4) is 5.75 Å². The lowest BCUT2D eigenvalue weighted by molar-refractivity contribution is -0.0511. The number of halogens is 1. The van der Waals surface area contributed by atoms with E-state index in [4.69, 9.17) is 9.47 Å². The van der Waals surface area contributed by atoms with Crippen LogP contribution in [0.3, 0.4) is 0 Å². The van der Waals surface area contributed by atoms with E-state index in [2.05, 4.69) is 20.3 Å². The summed E-state index contributed by atoms with van der Waals surface area (Å²) in [5.74, 6) is 0.378. The number of fused-ring (bicyclic) bond motifs is 1. The Bertz CT molecular complexity index is 1020. The number of hydrogen-bond donors (Lipinski definition) is 4. The van der Waals surface area contributed by atoms with E-state index in [1.54, 1.807) is 12.1 Å². The average Bonchev–Trinajstić information content (AvgIpc) is 3.28. The summed E-state index contributed by atoms with van der Waals surface area (Å²) in [5.41, 5.74) is 1.16. The summed E-state index contributed by atoms with van der Waals surface area (Å²) >= 11 is 0. The van der Waals surface area contributed by atoms with Gasteiger partial charge in [-0.15, -0.1) is 0 Å². The zero-order valence-corrected chi connectivity index (χ0v) is 15.4. The molecule has 3 heterocycles. The Morgan fingerprint density at radius 2 is 2.07 bits per heavy atom. The Hall–Kier alpha value is -2.86. The molecule has 10 nitrogen and oxygen atoms in total. The van der Waals surface area contributed by atoms with Gasteiger partial charge in [-0.05, 0) is 6.07 Å². The first-order valence-electron chi connectivity index (χ1n) is 8.89. The highest BCUT2D eigenvalue weighted by Gasteiger charge is 2.44. The smallest absolute Gasteiger partial charge is 0.167 e. The maximum atomic E-state index is 14.2. The van der Waals surface area contributed by atoms with Crippen LogP contribution in [0.5, 0.6) is 5.75 Å². The maximum absolute atomic E-state index is 14.2. The second kappa shape index (κ2) is 7.87. The molecular formula is C18H20FN5O5. The molecule has 2 aromatic heterocycles. The molecule has 29 heavy (non-hydrogen) atoms. The van der Waals surface area contributed by atoms with Gasteiger partial charge in [0, 0.05) is 18.2 Å². The number of aromatic nitrogens is 4. The molecule has 1 aliphatic heterocycles. The molecule has 0 spiro atoms. The third-order valence-corrected chi connectivity index (χ3v) is 4.86. The minimum Gasteiger partial charge on any atom is -0.497 e. The highest BCUT2D eigenvalue weighted by atomic mass is 19.1. The van der Waals surface area contributed by atoms with Gasteiger partial charge in [0.2, 0.25) is 0 Å². The largest absolute Gasteiger partial charge is 0.497 e. The quantitative estimate of drug-likeness (QED) is 0.453. The summed E-state index contributed by atoms with van der Waals surface area (Å²) in [4.78, 5) is 12.6. The van der Waals surface area contributed by atoms with Crippen LogP contribution in [-0.2, 0) is 11.3 Å². The van der Waals surface area contributed by atoms with Gasteiger partial charge in [-0.1, -0.05) is 6.07 Å². The van der Waals surface area contributed by atoms with E-state index >= 15 is 0 Å². The Morgan fingerprint density at radius 3 is 2.76 bits per heavy atom. The first-order valence-corrected chi connectivity index (χ1v) is 8.89. The molecule has 0 unspecified atom stereocenters. The number of aliphatic hydroxyl groups is 3. The third-order valence-electron chi connectivity index (χ3n) is 4.86. The fourth-order valence-electron chi connectivity index (χ4n) is 3.25. The van der Waals surface area contributed by atoms with Crippen molar-refractivity contribution >= 4 is 17.0 Å². The standard InChI is InChI=1S/C18H20FN5O5/c1-28-10-3-2-9(11(19)4-10)5-20-16-13-17(22-7-21-16)24(8-23-13)18-15(27)14(26)12(6-25)29-18/h2-4,7-8,12,14-15,18,25-27H,5-6H2,1H3,(H,20,21,22)/t12-,14-,15-,18-/m1/s1. The summed E-state index contributed by atoms with van der Waals surface area (Å²) < 4.78 is 26.1. The number of hydrogen-bond acceptors (Lipinski definition) is 9. The fourth-order valence-corrected chi connectivity index (χ4v) is 3.25. The molecule has 1 fully saturated rings. The van der Waals surface area contributed by atoms with Crippen molar-refractivity contribution in [2.75, 3.05) is 19.0 Å². The molecule has 154 valence electrons. The highest BCUT2D eigenvalue weighted by molar-refractivity contribution is 5.82. The summed E-state index contributed by atoms with van der Waals surface area (Å²) in [6.07, 6.45) is -1.67. The molecule has 0 radical (unpaired) electrons. The number of imidazole rings is 1. The normalized spacial score (nSPS) is 24.2. The summed E-state index contributed by atoms with van der Waals surface area (Å²) in [5, 5.41) is 32.5. The molecule has 1 aromatic carbocycles. The zero-order chi connectivity index (χ0) is 20.5. The maximum Gasteiger partial charge on any atom is 0.167 e. The minimum atomic E-state index is -1.26. The van der Waals surface area contributed by atoms with Gasteiger partial charge in [0.05, 0.1) is 20.0 Å². The second-order valence-electron chi connectivity index (χ2n) is 6.59. The number of methoxy groups -OCH3 is 1. The Morgan fingerprint density at radius 1 is 1.24 bits per heavy atom. The molecule has 4 atom stereocenters. The molecule has 1 aliphatic rings. The van der Waals surface area contributed by atoms with Crippen LogP contribution >= 0.6 is 0 Å². The van der Waals surface area contributed by atoms with Crippen LogP contribution in [0.2, 0.25) is 0 Å². The highest BCUT2D eigenvalue weighted by Crippen LogP contribution is 2.32. The lowest BCUT2D eigenvalue weighted by atomic mass is 10.1. The van der Waals surface area contributed by atoms with Crippen LogP contribution in [0.4, 0.5) is 10.2 Å². The van der Waals surface area contributed by atoms with Crippen molar-refractivity contribution in [2.24, 2.45) is 0 Å². The SMILES string of the molecule is COc1ccc(CNc2ncnc3c2ncn3[C@@H]2O[C@H](CO)[C@@H](O)[C@H]2O)c(F)c1. The van der Waals surface area contributed by atoms with E-state index in [-0.39, 0.29) is 6.54 Å². The van der Waals surface area contributed by atoms with Gasteiger partial charge >= 0.3 is 0 Å². The average molecular weight is 405 g/mol. The summed E-state index contributed by atoms with van der Waals surface area (Å²) in [6, 6.07) is 4.56. The van der Waals surface area contributed by atoms with Crippen LogP contribution in [-0.4, -0.2) is 66.9 Å². The molecule has 0 saturated carbocycles. The Labute approximate surface area is 164 Å². The van der Waals surface area contributed by atoms with Gasteiger partial charge in [-0.3, -0.25) is 4.57 Å². The number of nitrogens with zero attached hydrogens (tertiary/aromatic N) is 4. The van der Waals surface area contributed by atoms with Crippen molar-refractivity contribution in [1.82, 2.24) is 19.5 Å². The van der Waals surface area contributed by atoms with Crippen LogP contribution in [0.1, 0.15) is 11.8 Å². The molecular weight excluding hydrogens is 385 g/mol. The van der Waals surface area contributed by atoms with Crippen molar-refractivity contribution in [2.45, 2.75) is 31.1 Å². The molecule has 0 bridgehead atoms. The van der Waals surface area contributed by atoms with Crippen molar-refractivity contribution in [3.05, 3.63) is 42.2 Å². The van der Waals surface area contributed by atoms with Crippen LogP contribution in [0.25, 0.3) is 11.2 Å². The van der Waals surface area contributed by atoms with Gasteiger partial charge in [0.1, 0.15) is 36.2 Å². The number of aliphatic hydroxyl groups excluding tert-OH is 3. The number of anilines is 1. The van der Waals surface area contributed by atoms with Crippen LogP contribution in [0.15, 0.2) is 30.9 Å². The van der Waals surface area contributed by atoms with Crippen LogP contribution in [0, 0.1) is 5.82 Å². The molecule has 3 aromatic rings. The van der Waals surface area contributed by atoms with Gasteiger partial charge in [-0.2, -0.15) is 0 Å². The van der Waals surface area contributed by atoms with Crippen LogP contribution < -0.4 is 10.1 Å². The summed E-state index contributed by atoms with van der Waals surface area (Å²) in [7, 11) is 1.47. The Kier molecular flexibility index (Phi) is 5.28. The van der Waals surface area contributed by atoms with E-state index in [0.29, 0.717) is 28.3 Å². The predicted octanol–water partition coefficient (Wildman–Crippen LogP) is 0.198. The number of benzene rings is 1. The third kappa shape index (κ3) is 3.49. The topological polar surface area (TPSA) is 135 Å². The number of rotatable bonds is 6. The van der Waals surface area contributed by atoms with E-state index in [0.717, 1.165) is 0 Å². The van der Waals surface area contributed by atoms with Gasteiger partial charge in [0.25, 0.3) is 0 Å². The molecule has 1 saturated heterocycles. The molecule has 4 rings (SSSR count). The second-order valence-corrected chi connectivity index (χ2v) is 6.59. The van der Waals surface area contributed by atoms with E-state index < -0.39 is 37.0 Å². The van der Waals surface area contributed by atoms with Gasteiger partial charge in [-0.25, -0.2) is 19.3 Å². The number of nitrogens with one attached hydrogen (secondary N) is 1. The molecule has 0 amide bonds. The van der Waals surface area contributed by atoms with Gasteiger partial charge < -0.3 is 30.1 Å².